The van der Waals surface area contributed by atoms with E-state index in [9.17, 15) is 40.3 Å². The predicted octanol–water partition coefficient (Wildman–Crippen LogP) is 9.43. The second-order valence-corrected chi connectivity index (χ2v) is 13.1. The minimum Gasteiger partial charge on any atom is -0.496 e. The van der Waals surface area contributed by atoms with Gasteiger partial charge < -0.3 is 20.3 Å². The smallest absolute Gasteiger partial charge is 0.419 e. The van der Waals surface area contributed by atoms with E-state index in [1.54, 1.807) is 12.1 Å². The van der Waals surface area contributed by atoms with Gasteiger partial charge in [-0.1, -0.05) is 26.0 Å². The highest BCUT2D eigenvalue weighted by atomic mass is 32.1. The maximum atomic E-state index is 13.9. The maximum absolute atomic E-state index is 13.9. The largest absolute Gasteiger partial charge is 0.496 e. The van der Waals surface area contributed by atoms with Gasteiger partial charge >= 0.3 is 12.4 Å². The summed E-state index contributed by atoms with van der Waals surface area (Å²) in [6.45, 7) is 6.99. The number of amides is 2. The molecule has 2 heterocycles. The number of methoxy groups -OCH3 is 1. The molecule has 1 aromatic heterocycles. The van der Waals surface area contributed by atoms with Crippen molar-refractivity contribution in [2.45, 2.75) is 45.0 Å². The molecule has 0 saturated carbocycles. The van der Waals surface area contributed by atoms with Crippen LogP contribution in [0.2, 0.25) is 0 Å². The fourth-order valence-corrected chi connectivity index (χ4v) is 7.01. The fourth-order valence-electron chi connectivity index (χ4n) is 5.91. The third-order valence-electron chi connectivity index (χ3n) is 8.06. The summed E-state index contributed by atoms with van der Waals surface area (Å²) in [6.07, 6.45) is -7.87. The minimum absolute atomic E-state index is 0.00599. The van der Waals surface area contributed by atoms with Gasteiger partial charge in [0.05, 0.1) is 29.5 Å². The van der Waals surface area contributed by atoms with Gasteiger partial charge in [0.1, 0.15) is 16.4 Å². The van der Waals surface area contributed by atoms with Crippen LogP contribution in [0.1, 0.15) is 69.3 Å². The van der Waals surface area contributed by atoms with Crippen LogP contribution in [0.3, 0.4) is 0 Å². The van der Waals surface area contributed by atoms with Gasteiger partial charge in [0.25, 0.3) is 11.8 Å². The van der Waals surface area contributed by atoms with E-state index in [1.165, 1.54) is 7.11 Å². The first-order valence-corrected chi connectivity index (χ1v) is 15.9. The van der Waals surface area contributed by atoms with Crippen LogP contribution in [-0.4, -0.2) is 43.5 Å². The van der Waals surface area contributed by atoms with Gasteiger partial charge in [0.15, 0.2) is 0 Å². The summed E-state index contributed by atoms with van der Waals surface area (Å²) in [7, 11) is 1.38. The Morgan fingerprint density at radius 1 is 0.958 bits per heavy atom. The molecule has 1 atom stereocenters. The van der Waals surface area contributed by atoms with Crippen LogP contribution >= 0.6 is 11.3 Å². The van der Waals surface area contributed by atoms with Crippen LogP contribution in [0, 0.1) is 11.7 Å². The van der Waals surface area contributed by atoms with E-state index in [2.05, 4.69) is 29.4 Å². The first-order chi connectivity index (χ1) is 22.5. The van der Waals surface area contributed by atoms with Crippen LogP contribution in [0.4, 0.5) is 42.1 Å². The van der Waals surface area contributed by atoms with E-state index in [1.807, 2.05) is 6.07 Å². The number of rotatable bonds is 8. The summed E-state index contributed by atoms with van der Waals surface area (Å²) >= 11 is 0.613. The minimum atomic E-state index is -5.05. The van der Waals surface area contributed by atoms with Gasteiger partial charge in [-0.2, -0.15) is 26.3 Å². The summed E-state index contributed by atoms with van der Waals surface area (Å²) in [4.78, 5) is 29.4. The number of likely N-dealkylation sites (tertiary alicyclic amines) is 1. The van der Waals surface area contributed by atoms with Gasteiger partial charge in [-0.15, -0.1) is 11.3 Å². The maximum Gasteiger partial charge on any atom is 0.419 e. The standard InChI is InChI=1S/C34H32F7N3O3S/c1-18(2)16-44-12-4-5-20(17-44)19-6-11-27(47-3)24(13-19)31(45)43-29-23-9-7-21(33(36,37)38)14-28(23)48-30(29)32(46)42-22-8-10-26(35)25(15-22)34(39,40)41/h6-11,13-15,18,20H,4-5,12,16-17H2,1-3H3,(H,42,46)(H,43,45). The molecular formula is C34H32F7N3O3S. The van der Waals surface area contributed by atoms with Gasteiger partial charge in [0.2, 0.25) is 0 Å². The van der Waals surface area contributed by atoms with E-state index in [0.29, 0.717) is 29.4 Å². The topological polar surface area (TPSA) is 70.7 Å². The quantitative estimate of drug-likeness (QED) is 0.180. The second-order valence-electron chi connectivity index (χ2n) is 12.1. The van der Waals surface area contributed by atoms with Crippen molar-refractivity contribution >= 4 is 44.6 Å². The molecule has 1 fully saturated rings. The molecule has 2 amide bonds. The summed E-state index contributed by atoms with van der Waals surface area (Å²) in [5, 5.41) is 5.01. The Bertz CT molecular complexity index is 1840. The van der Waals surface area contributed by atoms with Crippen molar-refractivity contribution in [2.75, 3.05) is 37.4 Å². The summed E-state index contributed by atoms with van der Waals surface area (Å²) < 4.78 is 99.9. The number of ether oxygens (including phenoxy) is 1. The molecule has 1 aliphatic heterocycles. The van der Waals surface area contributed by atoms with Crippen molar-refractivity contribution in [3.63, 3.8) is 0 Å². The fraction of sp³-hybridized carbons (Fsp3) is 0.353. The molecule has 0 radical (unpaired) electrons. The molecule has 3 aromatic carbocycles. The first kappa shape index (κ1) is 35.1. The highest BCUT2D eigenvalue weighted by Gasteiger charge is 2.35. The van der Waals surface area contributed by atoms with Crippen molar-refractivity contribution in [3.05, 3.63) is 87.5 Å². The lowest BCUT2D eigenvalue weighted by Crippen LogP contribution is -2.36. The lowest BCUT2D eigenvalue weighted by Gasteiger charge is -2.34. The monoisotopic (exact) mass is 695 g/mol. The average Bonchev–Trinajstić information content (AvgIpc) is 3.38. The number of carbonyl (C=O) groups is 2. The number of carbonyl (C=O) groups excluding carboxylic acids is 2. The van der Waals surface area contributed by atoms with Crippen LogP contribution < -0.4 is 15.4 Å². The Balaban J connectivity index is 1.51. The Kier molecular flexibility index (Phi) is 10.1. The molecule has 4 aromatic rings. The number of nitrogens with one attached hydrogen (secondary N) is 2. The van der Waals surface area contributed by atoms with Crippen molar-refractivity contribution in [2.24, 2.45) is 5.92 Å². The lowest BCUT2D eigenvalue weighted by molar-refractivity contribution is -0.140. The number of thiophene rings is 1. The Morgan fingerprint density at radius 2 is 1.71 bits per heavy atom. The summed E-state index contributed by atoms with van der Waals surface area (Å²) in [6, 6.07) is 9.83. The molecule has 1 unspecified atom stereocenters. The number of fused-ring (bicyclic) bond motifs is 1. The number of piperidine rings is 1. The molecule has 0 spiro atoms. The normalized spacial score (nSPS) is 15.9. The van der Waals surface area contributed by atoms with E-state index < -0.39 is 46.8 Å². The van der Waals surface area contributed by atoms with Crippen LogP contribution in [0.15, 0.2) is 54.6 Å². The lowest BCUT2D eigenvalue weighted by atomic mass is 9.89. The highest BCUT2D eigenvalue weighted by molar-refractivity contribution is 7.21. The number of halogens is 7. The Hall–Kier alpha value is -4.17. The number of hydrogen-bond donors (Lipinski definition) is 2. The molecule has 14 heteroatoms. The third-order valence-corrected chi connectivity index (χ3v) is 9.21. The molecule has 1 saturated heterocycles. The van der Waals surface area contributed by atoms with Crippen LogP contribution in [0.25, 0.3) is 10.1 Å². The van der Waals surface area contributed by atoms with E-state index in [4.69, 9.17) is 4.74 Å². The Labute approximate surface area is 275 Å². The number of hydrogen-bond acceptors (Lipinski definition) is 5. The van der Waals surface area contributed by atoms with Gasteiger partial charge in [0, 0.05) is 28.9 Å². The van der Waals surface area contributed by atoms with Crippen LogP contribution in [-0.2, 0) is 12.4 Å². The van der Waals surface area contributed by atoms with Gasteiger partial charge in [-0.3, -0.25) is 9.59 Å². The number of benzene rings is 3. The van der Waals surface area contributed by atoms with E-state index in [0.717, 1.165) is 62.3 Å². The molecule has 0 bridgehead atoms. The van der Waals surface area contributed by atoms with Crippen molar-refractivity contribution in [3.8, 4) is 5.75 Å². The molecule has 256 valence electrons. The van der Waals surface area contributed by atoms with Crippen molar-refractivity contribution in [1.29, 1.82) is 0 Å². The number of alkyl halides is 6. The molecule has 48 heavy (non-hydrogen) atoms. The molecule has 6 nitrogen and oxygen atoms in total. The molecule has 0 aliphatic carbocycles. The number of anilines is 2. The number of nitrogens with zero attached hydrogens (tertiary/aromatic N) is 1. The van der Waals surface area contributed by atoms with Crippen molar-refractivity contribution < 1.29 is 45.1 Å². The zero-order valence-electron chi connectivity index (χ0n) is 26.1. The first-order valence-electron chi connectivity index (χ1n) is 15.1. The van der Waals surface area contributed by atoms with Crippen LogP contribution in [0.5, 0.6) is 5.75 Å². The SMILES string of the molecule is COc1ccc(C2CCCN(CC(C)C)C2)cc1C(=O)Nc1c(C(=O)Nc2ccc(F)c(C(F)(F)F)c2)sc2cc(C(F)(F)F)ccc12. The molecule has 5 rings (SSSR count). The Morgan fingerprint density at radius 3 is 2.38 bits per heavy atom. The molecular weight excluding hydrogens is 663 g/mol. The van der Waals surface area contributed by atoms with Crippen molar-refractivity contribution in [1.82, 2.24) is 4.90 Å². The van der Waals surface area contributed by atoms with E-state index in [-0.39, 0.29) is 37.9 Å². The predicted molar refractivity (Wildman–Crippen MR) is 170 cm³/mol. The zero-order chi connectivity index (χ0) is 35.0. The second kappa shape index (κ2) is 13.7. The molecule has 1 aliphatic rings. The molecule has 2 N–H and O–H groups in total. The van der Waals surface area contributed by atoms with E-state index >= 15 is 0 Å². The third kappa shape index (κ3) is 7.75. The highest BCUT2D eigenvalue weighted by Crippen LogP contribution is 2.41. The van der Waals surface area contributed by atoms with Gasteiger partial charge in [-0.05, 0) is 79.3 Å². The summed E-state index contributed by atoms with van der Waals surface area (Å²) in [5.74, 6) is -2.44. The zero-order valence-corrected chi connectivity index (χ0v) is 26.9. The average molecular weight is 696 g/mol. The van der Waals surface area contributed by atoms with Gasteiger partial charge in [-0.25, -0.2) is 4.39 Å². The summed E-state index contributed by atoms with van der Waals surface area (Å²) in [5.41, 5.74) is -2.14.